The molecule has 0 saturated carbocycles. The fourth-order valence-corrected chi connectivity index (χ4v) is 2.86. The number of benzene rings is 1. The summed E-state index contributed by atoms with van der Waals surface area (Å²) < 4.78 is 6.86. The van der Waals surface area contributed by atoms with Gasteiger partial charge in [-0.25, -0.2) is 4.79 Å². The lowest BCUT2D eigenvalue weighted by Gasteiger charge is -2.37. The molecule has 0 aliphatic carbocycles. The molecular formula is C16H22INO4. The summed E-state index contributed by atoms with van der Waals surface area (Å²) in [5, 5.41) is 11.2. The van der Waals surface area contributed by atoms with Gasteiger partial charge < -0.3 is 9.84 Å². The average molecular weight is 419 g/mol. The molecule has 0 unspecified atom stereocenters. The van der Waals surface area contributed by atoms with Gasteiger partial charge in [-0.1, -0.05) is 12.1 Å². The first-order valence-corrected chi connectivity index (χ1v) is 8.24. The van der Waals surface area contributed by atoms with Gasteiger partial charge in [0, 0.05) is 3.57 Å². The molecule has 1 fully saturated rings. The van der Waals surface area contributed by atoms with Crippen molar-refractivity contribution in [3.8, 4) is 0 Å². The van der Waals surface area contributed by atoms with E-state index in [4.69, 9.17) is 9.57 Å². The number of carboxylic acid groups (broad SMARTS) is 1. The van der Waals surface area contributed by atoms with Crippen molar-refractivity contribution in [1.82, 2.24) is 5.06 Å². The molecule has 2 rings (SSSR count). The van der Waals surface area contributed by atoms with E-state index in [0.717, 1.165) is 9.13 Å². The Kier molecular flexibility index (Phi) is 4.87. The molecule has 1 aromatic rings. The predicted octanol–water partition coefficient (Wildman–Crippen LogP) is 3.58. The van der Waals surface area contributed by atoms with Gasteiger partial charge in [0.05, 0.1) is 5.60 Å². The maximum atomic E-state index is 11.6. The minimum atomic E-state index is -0.989. The Labute approximate surface area is 144 Å². The van der Waals surface area contributed by atoms with Crippen LogP contribution in [0.25, 0.3) is 0 Å². The van der Waals surface area contributed by atoms with Crippen LogP contribution < -0.4 is 0 Å². The van der Waals surface area contributed by atoms with Crippen molar-refractivity contribution in [2.45, 2.75) is 58.1 Å². The Hall–Kier alpha value is -0.700. The molecule has 1 aliphatic rings. The molecule has 0 spiro atoms. The van der Waals surface area contributed by atoms with Gasteiger partial charge in [-0.2, -0.15) is 0 Å². The fourth-order valence-electron chi connectivity index (χ4n) is 2.50. The Morgan fingerprint density at radius 3 is 2.32 bits per heavy atom. The maximum Gasteiger partial charge on any atom is 0.335 e. The zero-order valence-electron chi connectivity index (χ0n) is 13.5. The standard InChI is InChI=1S/C16H22INO4/c1-15(2,3)22-18-12(10-6-8-11(17)9-7-10)13(14(19)20)21-16(18,4)5/h6-9,12-13H,1-5H3,(H,19,20)/t12-,13+/m0/s1. The van der Waals surface area contributed by atoms with E-state index in [1.165, 1.54) is 0 Å². The molecule has 0 bridgehead atoms. The summed E-state index contributed by atoms with van der Waals surface area (Å²) in [6, 6.07) is 7.26. The highest BCUT2D eigenvalue weighted by Gasteiger charge is 2.53. The third kappa shape index (κ3) is 3.79. The van der Waals surface area contributed by atoms with Gasteiger partial charge >= 0.3 is 5.97 Å². The van der Waals surface area contributed by atoms with Gasteiger partial charge in [-0.05, 0) is 74.9 Å². The quantitative estimate of drug-likeness (QED) is 0.760. The van der Waals surface area contributed by atoms with Gasteiger partial charge in [-0.3, -0.25) is 4.84 Å². The van der Waals surface area contributed by atoms with E-state index in [2.05, 4.69) is 22.6 Å². The number of nitrogens with zero attached hydrogens (tertiary/aromatic N) is 1. The van der Waals surface area contributed by atoms with Gasteiger partial charge in [0.25, 0.3) is 0 Å². The van der Waals surface area contributed by atoms with Crippen LogP contribution in [-0.2, 0) is 14.4 Å². The second-order valence-electron chi connectivity index (χ2n) is 6.85. The summed E-state index contributed by atoms with van der Waals surface area (Å²) in [5.74, 6) is -0.989. The first-order chi connectivity index (χ1) is 10.0. The lowest BCUT2D eigenvalue weighted by molar-refractivity contribution is -0.304. The van der Waals surface area contributed by atoms with Gasteiger partial charge in [-0.15, -0.1) is 5.06 Å². The summed E-state index contributed by atoms with van der Waals surface area (Å²) in [5.41, 5.74) is -0.415. The third-order valence-corrected chi connectivity index (χ3v) is 4.03. The predicted molar refractivity (Wildman–Crippen MR) is 91.2 cm³/mol. The van der Waals surface area contributed by atoms with Crippen LogP contribution >= 0.6 is 22.6 Å². The largest absolute Gasteiger partial charge is 0.479 e. The van der Waals surface area contributed by atoms with Crippen LogP contribution in [0.2, 0.25) is 0 Å². The Balaban J connectivity index is 2.45. The summed E-state index contributed by atoms with van der Waals surface area (Å²) in [7, 11) is 0. The van der Waals surface area contributed by atoms with Gasteiger partial charge in [0.1, 0.15) is 11.8 Å². The number of hydroxylamine groups is 2. The van der Waals surface area contributed by atoms with Crippen molar-refractivity contribution in [2.24, 2.45) is 0 Å². The highest BCUT2D eigenvalue weighted by Crippen LogP contribution is 2.43. The van der Waals surface area contributed by atoms with Crippen LogP contribution in [-0.4, -0.2) is 33.6 Å². The van der Waals surface area contributed by atoms with Crippen LogP contribution in [0, 0.1) is 3.57 Å². The minimum absolute atomic E-state index is 0.449. The molecule has 1 N–H and O–H groups in total. The lowest BCUT2D eigenvalue weighted by atomic mass is 10.0. The summed E-state index contributed by atoms with van der Waals surface area (Å²) in [6.07, 6.45) is -0.975. The van der Waals surface area contributed by atoms with Crippen LogP contribution in [0.1, 0.15) is 46.2 Å². The lowest BCUT2D eigenvalue weighted by Crippen LogP contribution is -2.45. The van der Waals surface area contributed by atoms with E-state index in [-0.39, 0.29) is 0 Å². The van der Waals surface area contributed by atoms with E-state index in [1.807, 2.05) is 58.9 Å². The second kappa shape index (κ2) is 6.07. The number of ether oxygens (including phenoxy) is 1. The highest BCUT2D eigenvalue weighted by atomic mass is 127. The number of aliphatic carboxylic acids is 1. The van der Waals surface area contributed by atoms with E-state index >= 15 is 0 Å². The normalized spacial score (nSPS) is 25.4. The summed E-state index contributed by atoms with van der Waals surface area (Å²) in [4.78, 5) is 17.7. The van der Waals surface area contributed by atoms with Crippen molar-refractivity contribution in [2.75, 3.05) is 0 Å². The molecule has 122 valence electrons. The van der Waals surface area contributed by atoms with Crippen LogP contribution in [0.5, 0.6) is 0 Å². The van der Waals surface area contributed by atoms with Crippen molar-refractivity contribution >= 4 is 28.6 Å². The molecule has 5 nitrogen and oxygen atoms in total. The van der Waals surface area contributed by atoms with Crippen LogP contribution in [0.3, 0.4) is 0 Å². The number of hydrogen-bond acceptors (Lipinski definition) is 4. The average Bonchev–Trinajstić information content (AvgIpc) is 2.61. The summed E-state index contributed by atoms with van der Waals surface area (Å²) >= 11 is 2.22. The molecule has 0 radical (unpaired) electrons. The Bertz CT molecular complexity index is 550. The first kappa shape index (κ1) is 17.7. The smallest absolute Gasteiger partial charge is 0.335 e. The molecule has 6 heteroatoms. The SMILES string of the molecule is CC(C)(C)ON1[C@@H](c2ccc(I)cc2)[C@H](C(=O)O)OC1(C)C. The molecular weight excluding hydrogens is 397 g/mol. The zero-order chi connectivity index (χ0) is 16.7. The Morgan fingerprint density at radius 2 is 1.86 bits per heavy atom. The van der Waals surface area contributed by atoms with Crippen LogP contribution in [0.4, 0.5) is 0 Å². The molecule has 2 atom stereocenters. The van der Waals surface area contributed by atoms with Crippen molar-refractivity contribution in [3.05, 3.63) is 33.4 Å². The minimum Gasteiger partial charge on any atom is -0.479 e. The molecule has 0 aromatic heterocycles. The zero-order valence-corrected chi connectivity index (χ0v) is 15.6. The number of rotatable bonds is 3. The molecule has 22 heavy (non-hydrogen) atoms. The number of halogens is 1. The van der Waals surface area contributed by atoms with Crippen molar-refractivity contribution in [3.63, 3.8) is 0 Å². The topological polar surface area (TPSA) is 59.0 Å². The van der Waals surface area contributed by atoms with Gasteiger partial charge in [0.2, 0.25) is 0 Å². The van der Waals surface area contributed by atoms with E-state index in [1.54, 1.807) is 5.06 Å². The van der Waals surface area contributed by atoms with Crippen molar-refractivity contribution in [1.29, 1.82) is 0 Å². The van der Waals surface area contributed by atoms with E-state index in [0.29, 0.717) is 0 Å². The second-order valence-corrected chi connectivity index (χ2v) is 8.09. The van der Waals surface area contributed by atoms with E-state index in [9.17, 15) is 9.90 Å². The summed E-state index contributed by atoms with van der Waals surface area (Å²) in [6.45, 7) is 9.44. The molecule has 1 heterocycles. The Morgan fingerprint density at radius 1 is 1.32 bits per heavy atom. The maximum absolute atomic E-state index is 11.6. The monoisotopic (exact) mass is 419 g/mol. The van der Waals surface area contributed by atoms with Crippen molar-refractivity contribution < 1.29 is 19.5 Å². The van der Waals surface area contributed by atoms with Gasteiger partial charge in [0.15, 0.2) is 6.10 Å². The highest BCUT2D eigenvalue weighted by molar-refractivity contribution is 14.1. The molecule has 0 amide bonds. The fraction of sp³-hybridized carbons (Fsp3) is 0.562. The molecule has 1 saturated heterocycles. The van der Waals surface area contributed by atoms with E-state index < -0.39 is 29.4 Å². The number of carbonyl (C=O) groups is 1. The van der Waals surface area contributed by atoms with Crippen LogP contribution in [0.15, 0.2) is 24.3 Å². The first-order valence-electron chi connectivity index (χ1n) is 7.16. The molecule has 1 aliphatic heterocycles. The third-order valence-electron chi connectivity index (χ3n) is 3.31. The number of carboxylic acids is 1. The number of hydrogen-bond donors (Lipinski definition) is 1. The molecule has 1 aromatic carbocycles.